The number of benzene rings is 1. The van der Waals surface area contributed by atoms with E-state index in [1.54, 1.807) is 41.5 Å². The molecule has 8 heteroatoms. The Balaban J connectivity index is 2.46. The van der Waals surface area contributed by atoms with Crippen molar-refractivity contribution in [3.05, 3.63) is 47.4 Å². The minimum Gasteiger partial charge on any atom is -0.487 e. The van der Waals surface area contributed by atoms with Crippen molar-refractivity contribution in [3.8, 4) is 0 Å². The summed E-state index contributed by atoms with van der Waals surface area (Å²) in [6, 6.07) is 7.94. The van der Waals surface area contributed by atoms with Crippen molar-refractivity contribution in [1.29, 1.82) is 0 Å². The minimum absolute atomic E-state index is 0.0220. The Bertz CT molecular complexity index is 790. The third kappa shape index (κ3) is 5.96. The second kappa shape index (κ2) is 9.06. The van der Waals surface area contributed by atoms with Gasteiger partial charge in [0.1, 0.15) is 30.0 Å². The highest BCUT2D eigenvalue weighted by molar-refractivity contribution is 6.05. The number of hydrogen-bond acceptors (Lipinski definition) is 7. The Morgan fingerprint density at radius 2 is 1.70 bits per heavy atom. The predicted molar refractivity (Wildman–Crippen MR) is 109 cm³/mol. The molecule has 0 saturated carbocycles. The van der Waals surface area contributed by atoms with Crippen molar-refractivity contribution in [1.82, 2.24) is 4.90 Å². The van der Waals surface area contributed by atoms with Crippen molar-refractivity contribution >= 4 is 12.0 Å². The average molecular weight is 421 g/mol. The van der Waals surface area contributed by atoms with Gasteiger partial charge in [0.15, 0.2) is 5.76 Å². The summed E-state index contributed by atoms with van der Waals surface area (Å²) in [5.41, 5.74) is -0.823. The molecule has 1 aromatic carbocycles. The summed E-state index contributed by atoms with van der Waals surface area (Å²) in [6.07, 6.45) is -2.44. The zero-order valence-electron chi connectivity index (χ0n) is 18.3. The molecule has 0 bridgehead atoms. The van der Waals surface area contributed by atoms with Crippen LogP contribution in [0.2, 0.25) is 0 Å². The Morgan fingerprint density at radius 1 is 1.10 bits per heavy atom. The lowest BCUT2D eigenvalue weighted by Gasteiger charge is -2.30. The molecular weight excluding hydrogens is 390 g/mol. The van der Waals surface area contributed by atoms with Crippen LogP contribution in [0.1, 0.15) is 47.1 Å². The predicted octanol–water partition coefficient (Wildman–Crippen LogP) is 2.73. The number of aliphatic hydroxyl groups excluding tert-OH is 2. The van der Waals surface area contributed by atoms with Crippen LogP contribution in [0, 0.1) is 0 Å². The molecule has 2 rings (SSSR count). The average Bonchev–Trinajstić information content (AvgIpc) is 2.89. The van der Waals surface area contributed by atoms with Gasteiger partial charge in [-0.15, -0.1) is 0 Å². The standard InChI is InChI=1S/C22H31NO7/c1-21(2,3)29-18-17(28-13-14-10-8-7-9-11-14)16(15(25)12-24)23(19(18)26)20(27)30-22(4,5)6/h7-11,15-16,24-25H,12-13H2,1-6H3/t15-,16-/m1/s1. The monoisotopic (exact) mass is 421 g/mol. The van der Waals surface area contributed by atoms with Gasteiger partial charge in [0.25, 0.3) is 0 Å². The zero-order valence-corrected chi connectivity index (χ0v) is 18.3. The van der Waals surface area contributed by atoms with Gasteiger partial charge in [0.05, 0.1) is 6.61 Å². The molecule has 0 spiro atoms. The minimum atomic E-state index is -1.48. The van der Waals surface area contributed by atoms with Crippen molar-refractivity contribution in [3.63, 3.8) is 0 Å². The summed E-state index contributed by atoms with van der Waals surface area (Å²) >= 11 is 0. The van der Waals surface area contributed by atoms with Crippen molar-refractivity contribution < 1.29 is 34.0 Å². The van der Waals surface area contributed by atoms with Crippen molar-refractivity contribution in [2.45, 2.75) is 71.5 Å². The van der Waals surface area contributed by atoms with Crippen molar-refractivity contribution in [2.75, 3.05) is 6.61 Å². The number of carbonyl (C=O) groups is 2. The first-order valence-corrected chi connectivity index (χ1v) is 9.79. The Kier molecular flexibility index (Phi) is 7.15. The summed E-state index contributed by atoms with van der Waals surface area (Å²) < 4.78 is 17.0. The molecule has 1 heterocycles. The molecule has 2 atom stereocenters. The molecule has 0 fully saturated rings. The van der Waals surface area contributed by atoms with Gasteiger partial charge in [-0.25, -0.2) is 9.69 Å². The molecule has 2 amide bonds. The quantitative estimate of drug-likeness (QED) is 0.727. The van der Waals surface area contributed by atoms with Gasteiger partial charge in [-0.05, 0) is 47.1 Å². The van der Waals surface area contributed by atoms with E-state index in [2.05, 4.69) is 0 Å². The normalized spacial score (nSPS) is 18.5. The maximum absolute atomic E-state index is 13.1. The Morgan fingerprint density at radius 3 is 2.20 bits per heavy atom. The van der Waals surface area contributed by atoms with Crippen LogP contribution in [-0.2, 0) is 25.6 Å². The van der Waals surface area contributed by atoms with Crippen LogP contribution in [0.4, 0.5) is 4.79 Å². The van der Waals surface area contributed by atoms with Gasteiger partial charge < -0.3 is 24.4 Å². The highest BCUT2D eigenvalue weighted by Crippen LogP contribution is 2.34. The Labute approximate surface area is 177 Å². The third-order valence-electron chi connectivity index (χ3n) is 3.97. The largest absolute Gasteiger partial charge is 0.487 e. The van der Waals surface area contributed by atoms with Gasteiger partial charge in [0, 0.05) is 0 Å². The molecule has 1 aliphatic rings. The highest BCUT2D eigenvalue weighted by atomic mass is 16.6. The van der Waals surface area contributed by atoms with Crippen LogP contribution < -0.4 is 0 Å². The number of aliphatic hydroxyl groups is 2. The lowest BCUT2D eigenvalue weighted by atomic mass is 10.1. The fourth-order valence-corrected chi connectivity index (χ4v) is 2.83. The molecular formula is C22H31NO7. The number of hydrogen-bond donors (Lipinski definition) is 2. The molecule has 30 heavy (non-hydrogen) atoms. The number of carbonyl (C=O) groups excluding carboxylic acids is 2. The summed E-state index contributed by atoms with van der Waals surface area (Å²) in [7, 11) is 0. The molecule has 2 N–H and O–H groups in total. The van der Waals surface area contributed by atoms with Crippen LogP contribution in [0.25, 0.3) is 0 Å². The fraction of sp³-hybridized carbons (Fsp3) is 0.545. The van der Waals surface area contributed by atoms with Crippen LogP contribution in [0.3, 0.4) is 0 Å². The first-order valence-electron chi connectivity index (χ1n) is 9.79. The second-order valence-electron chi connectivity index (χ2n) is 9.03. The Hall–Kier alpha value is -2.58. The van der Waals surface area contributed by atoms with Gasteiger partial charge in [-0.1, -0.05) is 30.3 Å². The highest BCUT2D eigenvalue weighted by Gasteiger charge is 2.51. The van der Waals surface area contributed by atoms with Gasteiger partial charge >= 0.3 is 12.0 Å². The molecule has 0 aromatic heterocycles. The number of nitrogens with zero attached hydrogens (tertiary/aromatic N) is 1. The SMILES string of the molecule is CC(C)(C)OC(=O)N1C(=O)C(OC(C)(C)C)=C(OCc2ccccc2)[C@H]1[C@H](O)CO. The smallest absolute Gasteiger partial charge is 0.418 e. The molecule has 1 aromatic rings. The van der Waals surface area contributed by atoms with E-state index in [4.69, 9.17) is 14.2 Å². The van der Waals surface area contributed by atoms with E-state index in [9.17, 15) is 19.8 Å². The van der Waals surface area contributed by atoms with Crippen molar-refractivity contribution in [2.24, 2.45) is 0 Å². The molecule has 0 radical (unpaired) electrons. The van der Waals surface area contributed by atoms with E-state index < -0.39 is 42.0 Å². The zero-order chi connectivity index (χ0) is 22.7. The third-order valence-corrected chi connectivity index (χ3v) is 3.97. The van der Waals surface area contributed by atoms with E-state index in [1.807, 2.05) is 30.3 Å². The van der Waals surface area contributed by atoms with Crippen LogP contribution in [0.5, 0.6) is 0 Å². The van der Waals surface area contributed by atoms with E-state index in [0.29, 0.717) is 0 Å². The number of imide groups is 1. The van der Waals surface area contributed by atoms with E-state index >= 15 is 0 Å². The van der Waals surface area contributed by atoms with E-state index in [-0.39, 0.29) is 18.1 Å². The molecule has 0 aliphatic carbocycles. The molecule has 166 valence electrons. The van der Waals surface area contributed by atoms with Crippen LogP contribution >= 0.6 is 0 Å². The summed E-state index contributed by atoms with van der Waals surface area (Å²) in [4.78, 5) is 26.7. The summed E-state index contributed by atoms with van der Waals surface area (Å²) in [6.45, 7) is 9.61. The maximum atomic E-state index is 13.1. The summed E-state index contributed by atoms with van der Waals surface area (Å²) in [5.74, 6) is -1.01. The van der Waals surface area contributed by atoms with E-state index in [0.717, 1.165) is 10.5 Å². The lowest BCUT2D eigenvalue weighted by molar-refractivity contribution is -0.133. The number of amides is 2. The molecule has 0 unspecified atom stereocenters. The lowest BCUT2D eigenvalue weighted by Crippen LogP contribution is -2.50. The van der Waals surface area contributed by atoms with Gasteiger partial charge in [0.2, 0.25) is 5.76 Å². The molecule has 0 saturated heterocycles. The number of rotatable bonds is 6. The fourth-order valence-electron chi connectivity index (χ4n) is 2.83. The van der Waals surface area contributed by atoms with Crippen LogP contribution in [-0.4, -0.2) is 57.1 Å². The topological polar surface area (TPSA) is 106 Å². The first-order chi connectivity index (χ1) is 13.8. The first kappa shape index (κ1) is 23.7. The van der Waals surface area contributed by atoms with Crippen LogP contribution in [0.15, 0.2) is 41.9 Å². The van der Waals surface area contributed by atoms with Gasteiger partial charge in [-0.2, -0.15) is 0 Å². The molecule has 8 nitrogen and oxygen atoms in total. The summed E-state index contributed by atoms with van der Waals surface area (Å²) in [5, 5.41) is 20.0. The second-order valence-corrected chi connectivity index (χ2v) is 9.03. The number of ether oxygens (including phenoxy) is 3. The molecule has 1 aliphatic heterocycles. The maximum Gasteiger partial charge on any atom is 0.418 e. The van der Waals surface area contributed by atoms with Gasteiger partial charge in [-0.3, -0.25) is 4.79 Å². The van der Waals surface area contributed by atoms with E-state index in [1.165, 1.54) is 0 Å².